The molecule has 1 saturated heterocycles. The Morgan fingerprint density at radius 3 is 2.21 bits per heavy atom. The minimum absolute atomic E-state index is 0.136. The van der Waals surface area contributed by atoms with Gasteiger partial charge in [0.1, 0.15) is 0 Å². The molecule has 4 nitrogen and oxygen atoms in total. The molecule has 0 aliphatic carbocycles. The molecule has 1 fully saturated rings. The molecular formula is C15H32N2O2. The molecule has 0 amide bonds. The summed E-state index contributed by atoms with van der Waals surface area (Å²) in [6.07, 6.45) is 0.950. The number of likely N-dealkylation sites (N-methyl/N-ethyl adjacent to an activating group) is 1. The van der Waals surface area contributed by atoms with Crippen molar-refractivity contribution in [3.8, 4) is 0 Å². The molecule has 1 rings (SSSR count). The van der Waals surface area contributed by atoms with Gasteiger partial charge in [0.25, 0.3) is 0 Å². The van der Waals surface area contributed by atoms with Gasteiger partial charge >= 0.3 is 0 Å². The SMILES string of the molecule is CCN(C(C)COC)C1(CN)CC(C)(C)OC1(C)C. The molecule has 0 saturated carbocycles. The van der Waals surface area contributed by atoms with Gasteiger partial charge in [0.2, 0.25) is 0 Å². The first-order valence-corrected chi connectivity index (χ1v) is 7.31. The van der Waals surface area contributed by atoms with Crippen LogP contribution in [-0.2, 0) is 9.47 Å². The lowest BCUT2D eigenvalue weighted by Gasteiger charge is -2.50. The molecule has 4 heteroatoms. The van der Waals surface area contributed by atoms with Gasteiger partial charge in [-0.2, -0.15) is 0 Å². The summed E-state index contributed by atoms with van der Waals surface area (Å²) >= 11 is 0. The van der Waals surface area contributed by atoms with Gasteiger partial charge in [0.15, 0.2) is 0 Å². The van der Waals surface area contributed by atoms with Crippen LogP contribution in [0.1, 0.15) is 48.0 Å². The third-order valence-corrected chi connectivity index (χ3v) is 4.54. The molecule has 2 atom stereocenters. The average Bonchev–Trinajstić information content (AvgIpc) is 2.45. The van der Waals surface area contributed by atoms with Gasteiger partial charge in [-0.3, -0.25) is 4.90 Å². The van der Waals surface area contributed by atoms with Crippen molar-refractivity contribution in [2.75, 3.05) is 26.8 Å². The predicted octanol–water partition coefficient (Wildman–Crippen LogP) is 2.02. The summed E-state index contributed by atoms with van der Waals surface area (Å²) < 4.78 is 11.6. The van der Waals surface area contributed by atoms with E-state index in [4.69, 9.17) is 15.2 Å². The monoisotopic (exact) mass is 272 g/mol. The molecule has 0 aromatic rings. The second kappa shape index (κ2) is 5.68. The molecule has 1 heterocycles. The van der Waals surface area contributed by atoms with E-state index >= 15 is 0 Å². The van der Waals surface area contributed by atoms with E-state index in [0.29, 0.717) is 19.2 Å². The van der Waals surface area contributed by atoms with E-state index in [1.54, 1.807) is 7.11 Å². The smallest absolute Gasteiger partial charge is 0.0830 e. The number of hydrogen-bond donors (Lipinski definition) is 1. The minimum Gasteiger partial charge on any atom is -0.383 e. The highest BCUT2D eigenvalue weighted by Crippen LogP contribution is 2.48. The largest absolute Gasteiger partial charge is 0.383 e. The van der Waals surface area contributed by atoms with E-state index in [0.717, 1.165) is 13.0 Å². The molecule has 0 aromatic heterocycles. The van der Waals surface area contributed by atoms with Crippen molar-refractivity contribution in [3.63, 3.8) is 0 Å². The molecule has 0 radical (unpaired) electrons. The highest BCUT2D eigenvalue weighted by Gasteiger charge is 2.59. The van der Waals surface area contributed by atoms with Gasteiger partial charge in [0.05, 0.1) is 23.3 Å². The Kier molecular flexibility index (Phi) is 5.05. The normalized spacial score (nSPS) is 30.8. The van der Waals surface area contributed by atoms with Crippen LogP contribution >= 0.6 is 0 Å². The number of methoxy groups -OCH3 is 1. The fourth-order valence-electron chi connectivity index (χ4n) is 3.99. The van der Waals surface area contributed by atoms with Crippen molar-refractivity contribution in [2.24, 2.45) is 5.73 Å². The third-order valence-electron chi connectivity index (χ3n) is 4.54. The summed E-state index contributed by atoms with van der Waals surface area (Å²) in [5, 5.41) is 0. The number of nitrogens with two attached hydrogens (primary N) is 1. The second-order valence-electron chi connectivity index (χ2n) is 6.87. The molecule has 0 aromatic carbocycles. The van der Waals surface area contributed by atoms with Crippen LogP contribution in [0.4, 0.5) is 0 Å². The Labute approximate surface area is 118 Å². The molecular weight excluding hydrogens is 240 g/mol. The summed E-state index contributed by atoms with van der Waals surface area (Å²) in [7, 11) is 1.75. The van der Waals surface area contributed by atoms with Crippen LogP contribution in [0, 0.1) is 0 Å². The summed E-state index contributed by atoms with van der Waals surface area (Å²) in [4.78, 5) is 2.46. The quantitative estimate of drug-likeness (QED) is 0.803. The Morgan fingerprint density at radius 1 is 1.32 bits per heavy atom. The van der Waals surface area contributed by atoms with E-state index in [9.17, 15) is 0 Å². The highest BCUT2D eigenvalue weighted by molar-refractivity contribution is 5.13. The molecule has 0 bridgehead atoms. The standard InChI is InChI=1S/C15H32N2O2/c1-8-17(12(2)9-18-7)15(11-16)10-13(3,4)19-14(15,5)6/h12H,8-11,16H2,1-7H3. The van der Waals surface area contributed by atoms with Crippen molar-refractivity contribution < 1.29 is 9.47 Å². The maximum absolute atomic E-state index is 6.29. The summed E-state index contributed by atoms with van der Waals surface area (Å²) in [6.45, 7) is 15.3. The Morgan fingerprint density at radius 2 is 1.89 bits per heavy atom. The predicted molar refractivity (Wildman–Crippen MR) is 79.4 cm³/mol. The number of ether oxygens (including phenoxy) is 2. The van der Waals surface area contributed by atoms with Gasteiger partial charge in [-0.1, -0.05) is 6.92 Å². The van der Waals surface area contributed by atoms with Gasteiger partial charge in [0, 0.05) is 19.7 Å². The average molecular weight is 272 g/mol. The minimum atomic E-state index is -0.261. The Hall–Kier alpha value is -0.160. The maximum Gasteiger partial charge on any atom is 0.0830 e. The lowest BCUT2D eigenvalue weighted by atomic mass is 9.76. The Balaban J connectivity index is 3.14. The van der Waals surface area contributed by atoms with Crippen molar-refractivity contribution in [2.45, 2.75) is 70.7 Å². The fraction of sp³-hybridized carbons (Fsp3) is 1.00. The highest BCUT2D eigenvalue weighted by atomic mass is 16.5. The zero-order valence-corrected chi connectivity index (χ0v) is 13.7. The van der Waals surface area contributed by atoms with E-state index in [1.807, 2.05) is 0 Å². The first-order valence-electron chi connectivity index (χ1n) is 7.31. The van der Waals surface area contributed by atoms with Crippen LogP contribution in [0.5, 0.6) is 0 Å². The van der Waals surface area contributed by atoms with Crippen molar-refractivity contribution >= 4 is 0 Å². The molecule has 1 aliphatic heterocycles. The van der Waals surface area contributed by atoms with Crippen LogP contribution < -0.4 is 5.73 Å². The molecule has 0 spiro atoms. The topological polar surface area (TPSA) is 47.7 Å². The van der Waals surface area contributed by atoms with E-state index in [2.05, 4.69) is 46.4 Å². The molecule has 19 heavy (non-hydrogen) atoms. The van der Waals surface area contributed by atoms with Gasteiger partial charge in [-0.15, -0.1) is 0 Å². The lowest BCUT2D eigenvalue weighted by Crippen LogP contribution is -2.66. The van der Waals surface area contributed by atoms with Crippen LogP contribution in [-0.4, -0.2) is 54.5 Å². The van der Waals surface area contributed by atoms with Crippen molar-refractivity contribution in [1.82, 2.24) is 4.90 Å². The van der Waals surface area contributed by atoms with Crippen molar-refractivity contribution in [1.29, 1.82) is 0 Å². The van der Waals surface area contributed by atoms with Crippen LogP contribution in [0.3, 0.4) is 0 Å². The van der Waals surface area contributed by atoms with E-state index in [-0.39, 0.29) is 16.7 Å². The summed E-state index contributed by atoms with van der Waals surface area (Å²) in [6, 6.07) is 0.329. The van der Waals surface area contributed by atoms with Gasteiger partial charge < -0.3 is 15.2 Å². The summed E-state index contributed by atoms with van der Waals surface area (Å²) in [5.41, 5.74) is 5.68. The van der Waals surface area contributed by atoms with Gasteiger partial charge in [-0.05, 0) is 47.6 Å². The second-order valence-corrected chi connectivity index (χ2v) is 6.87. The third kappa shape index (κ3) is 2.97. The Bertz CT molecular complexity index is 305. The zero-order chi connectivity index (χ0) is 14.9. The number of hydrogen-bond acceptors (Lipinski definition) is 4. The zero-order valence-electron chi connectivity index (χ0n) is 13.7. The molecule has 114 valence electrons. The van der Waals surface area contributed by atoms with Crippen LogP contribution in [0.25, 0.3) is 0 Å². The maximum atomic E-state index is 6.29. The van der Waals surface area contributed by atoms with Gasteiger partial charge in [-0.25, -0.2) is 0 Å². The molecule has 2 N–H and O–H groups in total. The number of nitrogens with zero attached hydrogens (tertiary/aromatic N) is 1. The van der Waals surface area contributed by atoms with Crippen molar-refractivity contribution in [3.05, 3.63) is 0 Å². The summed E-state index contributed by atoms with van der Waals surface area (Å²) in [5.74, 6) is 0. The first-order chi connectivity index (χ1) is 8.65. The molecule has 1 aliphatic rings. The molecule has 2 unspecified atom stereocenters. The fourth-order valence-corrected chi connectivity index (χ4v) is 3.99. The first kappa shape index (κ1) is 16.9. The van der Waals surface area contributed by atoms with E-state index in [1.165, 1.54) is 0 Å². The van der Waals surface area contributed by atoms with Crippen LogP contribution in [0.2, 0.25) is 0 Å². The van der Waals surface area contributed by atoms with Crippen LogP contribution in [0.15, 0.2) is 0 Å². The lowest BCUT2D eigenvalue weighted by molar-refractivity contribution is -0.113. The van der Waals surface area contributed by atoms with E-state index < -0.39 is 0 Å². The number of rotatable bonds is 6.